The predicted molar refractivity (Wildman–Crippen MR) is 65.9 cm³/mol. The average molecular weight is 223 g/mol. The quantitative estimate of drug-likeness (QED) is 0.805. The lowest BCUT2D eigenvalue weighted by Crippen LogP contribution is -2.12. The van der Waals surface area contributed by atoms with Crippen molar-refractivity contribution in [3.63, 3.8) is 0 Å². The zero-order valence-electron chi connectivity index (χ0n) is 10.6. The van der Waals surface area contributed by atoms with Crippen LogP contribution in [0.15, 0.2) is 6.07 Å². The molecule has 0 bridgehead atoms. The Morgan fingerprint density at radius 3 is 2.75 bits per heavy atom. The third kappa shape index (κ3) is 4.04. The van der Waals surface area contributed by atoms with E-state index in [0.29, 0.717) is 18.4 Å². The predicted octanol–water partition coefficient (Wildman–Crippen LogP) is 2.64. The molecule has 0 radical (unpaired) electrons. The molecule has 0 saturated heterocycles. The van der Waals surface area contributed by atoms with Gasteiger partial charge in [-0.05, 0) is 19.8 Å². The summed E-state index contributed by atoms with van der Waals surface area (Å²) in [6.45, 7) is 9.77. The summed E-state index contributed by atoms with van der Waals surface area (Å²) in [7, 11) is 0. The fourth-order valence-electron chi connectivity index (χ4n) is 1.28. The van der Waals surface area contributed by atoms with Gasteiger partial charge in [-0.25, -0.2) is 4.98 Å². The van der Waals surface area contributed by atoms with Gasteiger partial charge in [0.2, 0.25) is 5.88 Å². The maximum atomic E-state index is 5.37. The van der Waals surface area contributed by atoms with Crippen molar-refractivity contribution in [1.82, 2.24) is 9.97 Å². The summed E-state index contributed by atoms with van der Waals surface area (Å²) in [4.78, 5) is 8.52. The second kappa shape index (κ2) is 6.30. The second-order valence-corrected chi connectivity index (χ2v) is 3.97. The highest BCUT2D eigenvalue weighted by Gasteiger charge is 2.03. The minimum atomic E-state index is 0.626. The Hall–Kier alpha value is -1.32. The maximum Gasteiger partial charge on any atom is 0.218 e. The summed E-state index contributed by atoms with van der Waals surface area (Å²) >= 11 is 0. The molecule has 0 fully saturated rings. The van der Waals surface area contributed by atoms with Crippen molar-refractivity contribution in [3.8, 4) is 5.88 Å². The molecule has 0 amide bonds. The van der Waals surface area contributed by atoms with Crippen LogP contribution in [0.2, 0.25) is 0 Å². The van der Waals surface area contributed by atoms with Crippen LogP contribution < -0.4 is 10.1 Å². The monoisotopic (exact) mass is 223 g/mol. The van der Waals surface area contributed by atoms with Crippen LogP contribution in [0.5, 0.6) is 5.88 Å². The van der Waals surface area contributed by atoms with E-state index in [1.807, 2.05) is 19.9 Å². The minimum Gasteiger partial charge on any atom is -0.478 e. The van der Waals surface area contributed by atoms with Gasteiger partial charge in [0.25, 0.3) is 0 Å². The van der Waals surface area contributed by atoms with Gasteiger partial charge >= 0.3 is 0 Å². The van der Waals surface area contributed by atoms with Gasteiger partial charge in [0.05, 0.1) is 6.61 Å². The minimum absolute atomic E-state index is 0.626. The largest absolute Gasteiger partial charge is 0.478 e. The Kier molecular flexibility index (Phi) is 5.02. The number of aryl methyl sites for hydroxylation is 1. The third-order valence-corrected chi connectivity index (χ3v) is 2.44. The molecule has 1 unspecified atom stereocenters. The summed E-state index contributed by atoms with van der Waals surface area (Å²) in [6, 6.07) is 1.85. The van der Waals surface area contributed by atoms with Gasteiger partial charge in [-0.1, -0.05) is 20.3 Å². The molecule has 4 nitrogen and oxygen atoms in total. The van der Waals surface area contributed by atoms with Crippen molar-refractivity contribution in [2.75, 3.05) is 18.5 Å². The first-order valence-corrected chi connectivity index (χ1v) is 5.88. The van der Waals surface area contributed by atoms with Crippen molar-refractivity contribution in [2.45, 2.75) is 34.1 Å². The third-order valence-electron chi connectivity index (χ3n) is 2.44. The highest BCUT2D eigenvalue weighted by Crippen LogP contribution is 2.14. The van der Waals surface area contributed by atoms with Crippen molar-refractivity contribution < 1.29 is 4.74 Å². The van der Waals surface area contributed by atoms with E-state index in [2.05, 4.69) is 29.1 Å². The topological polar surface area (TPSA) is 47.0 Å². The summed E-state index contributed by atoms with van der Waals surface area (Å²) in [5, 5.41) is 3.30. The fraction of sp³-hybridized carbons (Fsp3) is 0.667. The number of hydrogen-bond acceptors (Lipinski definition) is 4. The summed E-state index contributed by atoms with van der Waals surface area (Å²) in [6.07, 6.45) is 1.16. The highest BCUT2D eigenvalue weighted by molar-refractivity contribution is 5.38. The van der Waals surface area contributed by atoms with Crippen molar-refractivity contribution in [2.24, 2.45) is 5.92 Å². The molecular weight excluding hydrogens is 202 g/mol. The van der Waals surface area contributed by atoms with Gasteiger partial charge in [0, 0.05) is 12.6 Å². The van der Waals surface area contributed by atoms with E-state index < -0.39 is 0 Å². The molecule has 1 aromatic heterocycles. The van der Waals surface area contributed by atoms with Crippen LogP contribution in [-0.4, -0.2) is 23.1 Å². The molecule has 1 N–H and O–H groups in total. The molecule has 0 spiro atoms. The summed E-state index contributed by atoms with van der Waals surface area (Å²) in [5.74, 6) is 2.86. The molecule has 1 heterocycles. The summed E-state index contributed by atoms with van der Waals surface area (Å²) in [5.41, 5.74) is 0. The number of rotatable bonds is 6. The van der Waals surface area contributed by atoms with Gasteiger partial charge in [-0.15, -0.1) is 0 Å². The van der Waals surface area contributed by atoms with E-state index in [4.69, 9.17) is 4.74 Å². The van der Waals surface area contributed by atoms with Gasteiger partial charge in [-0.3, -0.25) is 0 Å². The Morgan fingerprint density at radius 1 is 1.38 bits per heavy atom. The van der Waals surface area contributed by atoms with Crippen molar-refractivity contribution in [1.29, 1.82) is 0 Å². The van der Waals surface area contributed by atoms with Crippen molar-refractivity contribution in [3.05, 3.63) is 11.9 Å². The first-order valence-electron chi connectivity index (χ1n) is 5.88. The first kappa shape index (κ1) is 12.7. The van der Waals surface area contributed by atoms with Gasteiger partial charge in [0.1, 0.15) is 11.6 Å². The summed E-state index contributed by atoms with van der Waals surface area (Å²) < 4.78 is 5.37. The molecule has 0 saturated carbocycles. The van der Waals surface area contributed by atoms with E-state index in [0.717, 1.165) is 24.6 Å². The SMILES string of the molecule is CCOc1cc(NCC(C)CC)nc(C)n1. The number of hydrogen-bond donors (Lipinski definition) is 1. The van der Waals surface area contributed by atoms with Crippen LogP contribution in [0.1, 0.15) is 33.0 Å². The van der Waals surface area contributed by atoms with E-state index >= 15 is 0 Å². The Morgan fingerprint density at radius 2 is 2.12 bits per heavy atom. The zero-order valence-corrected chi connectivity index (χ0v) is 10.6. The van der Waals surface area contributed by atoms with Crippen LogP contribution in [0.25, 0.3) is 0 Å². The fourth-order valence-corrected chi connectivity index (χ4v) is 1.28. The lowest BCUT2D eigenvalue weighted by molar-refractivity contribution is 0.325. The Bertz CT molecular complexity index is 328. The van der Waals surface area contributed by atoms with E-state index in [9.17, 15) is 0 Å². The second-order valence-electron chi connectivity index (χ2n) is 3.97. The maximum absolute atomic E-state index is 5.37. The molecule has 0 aliphatic carbocycles. The van der Waals surface area contributed by atoms with Crippen molar-refractivity contribution >= 4 is 5.82 Å². The number of anilines is 1. The average Bonchev–Trinajstić information content (AvgIpc) is 2.25. The first-order chi connectivity index (χ1) is 7.65. The van der Waals surface area contributed by atoms with E-state index in [-0.39, 0.29) is 0 Å². The van der Waals surface area contributed by atoms with E-state index in [1.165, 1.54) is 0 Å². The Labute approximate surface area is 97.5 Å². The van der Waals surface area contributed by atoms with Crippen LogP contribution in [0, 0.1) is 12.8 Å². The smallest absolute Gasteiger partial charge is 0.218 e. The normalized spacial score (nSPS) is 12.2. The standard InChI is InChI=1S/C12H21N3O/c1-5-9(3)8-13-11-7-12(16-6-2)15-10(4)14-11/h7,9H,5-6,8H2,1-4H3,(H,13,14,15). The van der Waals surface area contributed by atoms with Crippen LogP contribution in [-0.2, 0) is 0 Å². The lowest BCUT2D eigenvalue weighted by atomic mass is 10.1. The lowest BCUT2D eigenvalue weighted by Gasteiger charge is -2.12. The number of nitrogens with zero attached hydrogens (tertiary/aromatic N) is 2. The molecule has 0 aromatic carbocycles. The van der Waals surface area contributed by atoms with Crippen LogP contribution in [0.4, 0.5) is 5.82 Å². The Balaban J connectivity index is 2.64. The molecule has 0 aliphatic rings. The van der Waals surface area contributed by atoms with Gasteiger partial charge < -0.3 is 10.1 Å². The van der Waals surface area contributed by atoms with Crippen LogP contribution in [0.3, 0.4) is 0 Å². The highest BCUT2D eigenvalue weighted by atomic mass is 16.5. The molecule has 0 aliphatic heterocycles. The number of aromatic nitrogens is 2. The van der Waals surface area contributed by atoms with Gasteiger partial charge in [-0.2, -0.15) is 4.98 Å². The van der Waals surface area contributed by atoms with Crippen LogP contribution >= 0.6 is 0 Å². The molecular formula is C12H21N3O. The van der Waals surface area contributed by atoms with E-state index in [1.54, 1.807) is 0 Å². The molecule has 1 aromatic rings. The number of ether oxygens (including phenoxy) is 1. The molecule has 1 rings (SSSR count). The zero-order chi connectivity index (χ0) is 12.0. The van der Waals surface area contributed by atoms with Gasteiger partial charge in [0.15, 0.2) is 0 Å². The number of nitrogens with one attached hydrogen (secondary N) is 1. The molecule has 1 atom stereocenters. The molecule has 4 heteroatoms. The molecule has 90 valence electrons. The molecule has 16 heavy (non-hydrogen) atoms.